The number of carbonyl (C=O) groups is 4. The minimum absolute atomic E-state index is 0.0312. The normalized spacial score (nSPS) is 14.6. The molecule has 0 spiro atoms. The van der Waals surface area contributed by atoms with Crippen LogP contribution in [0, 0.1) is 0 Å². The van der Waals surface area contributed by atoms with Gasteiger partial charge in [-0.25, -0.2) is 23.9 Å². The Balaban J connectivity index is 1.55. The summed E-state index contributed by atoms with van der Waals surface area (Å²) in [6, 6.07) is 18.4. The molecule has 1 aromatic heterocycles. The maximum Gasteiger partial charge on any atom is 0.335 e. The van der Waals surface area contributed by atoms with Gasteiger partial charge in [0, 0.05) is 49.9 Å². The number of aromatic nitrogens is 1. The van der Waals surface area contributed by atoms with Crippen LogP contribution < -0.4 is 16.0 Å². The van der Waals surface area contributed by atoms with Gasteiger partial charge in [-0.15, -0.1) is 0 Å². The Hall–Kier alpha value is -5.57. The molecule has 14 nitrogen and oxygen atoms in total. The molecule has 14 heteroatoms. The number of nitrogens with two attached hydrogens (primary N) is 1. The van der Waals surface area contributed by atoms with Gasteiger partial charge in [0.25, 0.3) is 0 Å². The Morgan fingerprint density at radius 1 is 0.962 bits per heavy atom. The first-order chi connectivity index (χ1) is 25.0. The fourth-order valence-electron chi connectivity index (χ4n) is 6.13. The fraction of sp³-hybridized carbons (Fsp3) is 0.342. The molecule has 0 radical (unpaired) electrons. The molecule has 1 atom stereocenters. The van der Waals surface area contributed by atoms with Crippen LogP contribution in [0.4, 0.5) is 16.2 Å². The van der Waals surface area contributed by atoms with Crippen LogP contribution in [-0.2, 0) is 14.3 Å². The Labute approximate surface area is 302 Å². The molecule has 0 aliphatic carbocycles. The topological polar surface area (TPSA) is 183 Å². The van der Waals surface area contributed by atoms with E-state index in [9.17, 15) is 29.4 Å². The van der Waals surface area contributed by atoms with Crippen LogP contribution in [0.2, 0.25) is 0 Å². The lowest BCUT2D eigenvalue weighted by atomic mass is 10.00. The van der Waals surface area contributed by atoms with Gasteiger partial charge >= 0.3 is 18.0 Å². The molecule has 274 valence electrons. The second-order valence-corrected chi connectivity index (χ2v) is 12.8. The van der Waals surface area contributed by atoms with Gasteiger partial charge in [-0.05, 0) is 69.3 Å². The van der Waals surface area contributed by atoms with Gasteiger partial charge in [0.15, 0.2) is 0 Å². The second-order valence-electron chi connectivity index (χ2n) is 12.8. The number of unbranched alkanes of at least 4 members (excludes halogenated alkanes) is 1. The first-order valence-electron chi connectivity index (χ1n) is 17.1. The van der Waals surface area contributed by atoms with E-state index in [0.717, 1.165) is 30.7 Å². The lowest BCUT2D eigenvalue weighted by Gasteiger charge is -2.32. The van der Waals surface area contributed by atoms with Crippen molar-refractivity contribution in [3.63, 3.8) is 0 Å². The van der Waals surface area contributed by atoms with Gasteiger partial charge < -0.3 is 35.8 Å². The van der Waals surface area contributed by atoms with Crippen LogP contribution in [0.5, 0.6) is 5.88 Å². The highest BCUT2D eigenvalue weighted by Gasteiger charge is 2.29. The summed E-state index contributed by atoms with van der Waals surface area (Å²) in [7, 11) is 5.01. The lowest BCUT2D eigenvalue weighted by molar-refractivity contribution is -0.143. The summed E-state index contributed by atoms with van der Waals surface area (Å²) in [4.78, 5) is 62.5. The predicted octanol–water partition coefficient (Wildman–Crippen LogP) is 3.65. The van der Waals surface area contributed by atoms with Crippen LogP contribution >= 0.6 is 0 Å². The molecule has 0 saturated carbocycles. The average Bonchev–Trinajstić information content (AvgIpc) is 3.44. The van der Waals surface area contributed by atoms with Crippen molar-refractivity contribution in [2.75, 3.05) is 65.4 Å². The summed E-state index contributed by atoms with van der Waals surface area (Å²) in [5, 5.41) is 24.7. The van der Waals surface area contributed by atoms with E-state index in [4.69, 9.17) is 15.5 Å². The van der Waals surface area contributed by atoms with Crippen LogP contribution in [-0.4, -0.2) is 121 Å². The van der Waals surface area contributed by atoms with Gasteiger partial charge in [0.1, 0.15) is 6.04 Å². The number of ether oxygens (including phenoxy) is 1. The second kappa shape index (κ2) is 17.1. The number of likely N-dealkylation sites (N-methyl/N-ethyl adjacent to an activating group) is 2. The van der Waals surface area contributed by atoms with Gasteiger partial charge in [0.05, 0.1) is 41.7 Å². The molecule has 52 heavy (non-hydrogen) atoms. The van der Waals surface area contributed by atoms with Crippen LogP contribution in [0.15, 0.2) is 77.8 Å². The predicted molar refractivity (Wildman–Crippen MR) is 199 cm³/mol. The lowest BCUT2D eigenvalue weighted by Crippen LogP contribution is -2.48. The molecule has 5 N–H and O–H groups in total. The number of methoxy groups -OCH3 is 1. The molecule has 1 aliphatic heterocycles. The van der Waals surface area contributed by atoms with Crippen molar-refractivity contribution in [2.45, 2.75) is 25.3 Å². The Bertz CT molecular complexity index is 1930. The van der Waals surface area contributed by atoms with Crippen molar-refractivity contribution in [1.82, 2.24) is 19.7 Å². The molecular formula is C38H45N7O7. The van der Waals surface area contributed by atoms with E-state index < -0.39 is 29.9 Å². The third-order valence-electron chi connectivity index (χ3n) is 9.21. The number of carboxylic acid groups (broad SMARTS) is 1. The van der Waals surface area contributed by atoms with E-state index in [1.165, 1.54) is 25.3 Å². The molecular weight excluding hydrogens is 666 g/mol. The molecule has 1 fully saturated rings. The first kappa shape index (κ1) is 37.7. The van der Waals surface area contributed by atoms with Crippen LogP contribution in [0.1, 0.15) is 40.7 Å². The molecule has 1 aliphatic rings. The number of aromatic carboxylic acids is 1. The van der Waals surface area contributed by atoms with E-state index in [1.54, 1.807) is 48.3 Å². The number of esters is 1. The molecule has 4 aromatic rings. The number of nitrogens with one attached hydrogen (secondary N) is 1. The number of hydrogen-bond acceptors (Lipinski definition) is 10. The molecule has 1 saturated heterocycles. The zero-order valence-corrected chi connectivity index (χ0v) is 29.6. The van der Waals surface area contributed by atoms with Gasteiger partial charge in [-0.1, -0.05) is 36.4 Å². The number of carboxylic acids is 1. The number of carbonyl (C=O) groups excluding carboxylic acids is 3. The number of aromatic hydroxyl groups is 1. The van der Waals surface area contributed by atoms with Crippen molar-refractivity contribution in [3.05, 3.63) is 89.5 Å². The number of rotatable bonds is 13. The fourth-order valence-corrected chi connectivity index (χ4v) is 6.13. The third-order valence-corrected chi connectivity index (χ3v) is 9.21. The Morgan fingerprint density at radius 2 is 1.65 bits per heavy atom. The van der Waals surface area contributed by atoms with Crippen molar-refractivity contribution < 1.29 is 34.1 Å². The molecule has 0 bridgehead atoms. The average molecular weight is 712 g/mol. The van der Waals surface area contributed by atoms with Gasteiger partial charge in [0.2, 0.25) is 11.8 Å². The maximum absolute atomic E-state index is 13.9. The zero-order chi connectivity index (χ0) is 37.4. The number of anilines is 1. The first-order valence-corrected chi connectivity index (χ1v) is 17.1. The van der Waals surface area contributed by atoms with E-state index >= 15 is 0 Å². The SMILES string of the molecule is COC(=O)C(CCCCN)NC(=O)n1c(O)c(C(=Nc2ccc(N(C)C(=O)CN3CCN(C)CC3)cc2)c2ccccc2)c2ccc(C(=O)O)cc21. The number of fused-ring (bicyclic) bond motifs is 1. The Morgan fingerprint density at radius 3 is 2.29 bits per heavy atom. The van der Waals surface area contributed by atoms with E-state index in [0.29, 0.717) is 54.0 Å². The zero-order valence-electron chi connectivity index (χ0n) is 29.6. The van der Waals surface area contributed by atoms with Crippen molar-refractivity contribution in [1.29, 1.82) is 0 Å². The summed E-state index contributed by atoms with van der Waals surface area (Å²) in [6.45, 7) is 4.20. The number of amides is 2. The molecule has 3 aromatic carbocycles. The molecule has 2 amide bonds. The summed E-state index contributed by atoms with van der Waals surface area (Å²) in [5.41, 5.74) is 7.87. The van der Waals surface area contributed by atoms with E-state index in [2.05, 4.69) is 22.2 Å². The minimum atomic E-state index is -1.23. The minimum Gasteiger partial charge on any atom is -0.494 e. The molecule has 1 unspecified atom stereocenters. The number of nitrogens with zero attached hydrogens (tertiary/aromatic N) is 5. The largest absolute Gasteiger partial charge is 0.494 e. The highest BCUT2D eigenvalue weighted by atomic mass is 16.5. The number of piperazine rings is 1. The highest BCUT2D eigenvalue weighted by molar-refractivity contribution is 6.23. The number of aliphatic imine (C=N–C) groups is 1. The number of benzene rings is 3. The van der Waals surface area contributed by atoms with E-state index in [-0.39, 0.29) is 29.0 Å². The quantitative estimate of drug-likeness (QED) is 0.0908. The summed E-state index contributed by atoms with van der Waals surface area (Å²) < 4.78 is 5.85. The van der Waals surface area contributed by atoms with Crippen LogP contribution in [0.3, 0.4) is 0 Å². The monoisotopic (exact) mass is 711 g/mol. The van der Waals surface area contributed by atoms with Crippen molar-refractivity contribution >= 4 is 51.9 Å². The summed E-state index contributed by atoms with van der Waals surface area (Å²) in [5.74, 6) is -2.44. The van der Waals surface area contributed by atoms with Gasteiger partial charge in [-0.2, -0.15) is 0 Å². The smallest absolute Gasteiger partial charge is 0.335 e. The van der Waals surface area contributed by atoms with Crippen molar-refractivity contribution in [2.24, 2.45) is 10.7 Å². The number of hydrogen-bond donors (Lipinski definition) is 4. The standard InChI is InChI=1S/C38H45N7O7/c1-42-19-21-44(22-20-42)24-32(46)43(2)28-15-13-27(14-16-28)40-34(25-9-5-4-6-10-25)33-29-17-12-26(36(48)49)23-31(29)45(35(33)47)38(51)41-30(37(50)52-3)11-7-8-18-39/h4-6,9-10,12-17,23,30,47H,7-8,11,18-22,24,39H2,1-3H3,(H,41,51)(H,48,49). The molecule has 2 heterocycles. The van der Waals surface area contributed by atoms with Crippen LogP contribution in [0.25, 0.3) is 10.9 Å². The Kier molecular flexibility index (Phi) is 12.4. The van der Waals surface area contributed by atoms with Crippen molar-refractivity contribution in [3.8, 4) is 5.88 Å². The summed E-state index contributed by atoms with van der Waals surface area (Å²) in [6.07, 6.45) is 1.40. The third kappa shape index (κ3) is 8.65. The highest BCUT2D eigenvalue weighted by Crippen LogP contribution is 2.35. The summed E-state index contributed by atoms with van der Waals surface area (Å²) >= 11 is 0. The van der Waals surface area contributed by atoms with Gasteiger partial charge in [-0.3, -0.25) is 9.69 Å². The molecule has 5 rings (SSSR count). The van der Waals surface area contributed by atoms with E-state index in [1.807, 2.05) is 18.2 Å². The maximum atomic E-state index is 13.9.